The van der Waals surface area contributed by atoms with Crippen molar-refractivity contribution in [2.75, 3.05) is 13.6 Å². The van der Waals surface area contributed by atoms with Crippen LogP contribution in [-0.4, -0.2) is 58.2 Å². The molecule has 0 unspecified atom stereocenters. The van der Waals surface area contributed by atoms with Gasteiger partial charge in [-0.15, -0.1) is 0 Å². The van der Waals surface area contributed by atoms with Gasteiger partial charge in [-0.05, 0) is 31.0 Å². The zero-order valence-corrected chi connectivity index (χ0v) is 11.9. The van der Waals surface area contributed by atoms with Crippen LogP contribution in [0.2, 0.25) is 0 Å². The first kappa shape index (κ1) is 14.2. The van der Waals surface area contributed by atoms with Gasteiger partial charge in [-0.3, -0.25) is 19.3 Å². The summed E-state index contributed by atoms with van der Waals surface area (Å²) >= 11 is 0. The van der Waals surface area contributed by atoms with Crippen molar-refractivity contribution in [3.63, 3.8) is 0 Å². The van der Waals surface area contributed by atoms with Crippen LogP contribution >= 0.6 is 0 Å². The van der Waals surface area contributed by atoms with E-state index in [-0.39, 0.29) is 16.7 Å². The molecule has 3 amide bonds. The van der Waals surface area contributed by atoms with Gasteiger partial charge in [-0.25, -0.2) is 4.79 Å². The molecule has 0 bridgehead atoms. The summed E-state index contributed by atoms with van der Waals surface area (Å²) in [5.41, 5.74) is 0.674. The number of carbonyl (C=O) groups is 4. The van der Waals surface area contributed by atoms with E-state index in [0.717, 1.165) is 4.90 Å². The molecule has 114 valence electrons. The van der Waals surface area contributed by atoms with Gasteiger partial charge >= 0.3 is 5.97 Å². The molecule has 0 spiro atoms. The van der Waals surface area contributed by atoms with Crippen LogP contribution in [0.15, 0.2) is 18.2 Å². The van der Waals surface area contributed by atoms with E-state index in [2.05, 4.69) is 0 Å². The summed E-state index contributed by atoms with van der Waals surface area (Å²) in [4.78, 5) is 49.7. The first-order valence-corrected chi connectivity index (χ1v) is 6.92. The van der Waals surface area contributed by atoms with Crippen LogP contribution in [0.3, 0.4) is 0 Å². The van der Waals surface area contributed by atoms with Gasteiger partial charge in [0.2, 0.25) is 0 Å². The Bertz CT molecular complexity index is 712. The minimum atomic E-state index is -1.03. The van der Waals surface area contributed by atoms with Crippen molar-refractivity contribution < 1.29 is 24.3 Å². The second kappa shape index (κ2) is 4.94. The highest BCUT2D eigenvalue weighted by Crippen LogP contribution is 2.25. The quantitative estimate of drug-likeness (QED) is 0.807. The molecule has 7 nitrogen and oxygen atoms in total. The summed E-state index contributed by atoms with van der Waals surface area (Å²) in [5.74, 6) is -2.31. The molecule has 1 N–H and O–H groups in total. The van der Waals surface area contributed by atoms with E-state index >= 15 is 0 Å². The van der Waals surface area contributed by atoms with Crippen molar-refractivity contribution in [3.05, 3.63) is 34.9 Å². The largest absolute Gasteiger partial charge is 0.480 e. The van der Waals surface area contributed by atoms with Crippen LogP contribution in [0.4, 0.5) is 0 Å². The highest BCUT2D eigenvalue weighted by Gasteiger charge is 2.37. The Hall–Kier alpha value is -2.70. The van der Waals surface area contributed by atoms with E-state index < -0.39 is 29.7 Å². The number of benzene rings is 1. The van der Waals surface area contributed by atoms with Gasteiger partial charge in [0.15, 0.2) is 0 Å². The average Bonchev–Trinajstić information content (AvgIpc) is 3.07. The van der Waals surface area contributed by atoms with Crippen molar-refractivity contribution >= 4 is 23.7 Å². The van der Waals surface area contributed by atoms with Gasteiger partial charge in [-0.2, -0.15) is 0 Å². The smallest absolute Gasteiger partial charge is 0.326 e. The first-order valence-electron chi connectivity index (χ1n) is 6.92. The van der Waals surface area contributed by atoms with Gasteiger partial charge in [0.1, 0.15) is 6.04 Å². The molecule has 0 radical (unpaired) electrons. The van der Waals surface area contributed by atoms with E-state index in [1.165, 1.54) is 30.1 Å². The number of hydrogen-bond donors (Lipinski definition) is 1. The minimum Gasteiger partial charge on any atom is -0.480 e. The highest BCUT2D eigenvalue weighted by molar-refractivity contribution is 6.21. The number of imide groups is 1. The first-order chi connectivity index (χ1) is 10.4. The van der Waals surface area contributed by atoms with Crippen molar-refractivity contribution in [1.82, 2.24) is 9.80 Å². The number of fused-ring (bicyclic) bond motifs is 1. The lowest BCUT2D eigenvalue weighted by molar-refractivity contribution is -0.141. The molecule has 1 aromatic carbocycles. The highest BCUT2D eigenvalue weighted by atomic mass is 16.4. The monoisotopic (exact) mass is 302 g/mol. The van der Waals surface area contributed by atoms with Crippen LogP contribution < -0.4 is 0 Å². The van der Waals surface area contributed by atoms with Gasteiger partial charge in [0, 0.05) is 19.2 Å². The zero-order chi connectivity index (χ0) is 16.0. The number of nitrogens with zero attached hydrogens (tertiary/aromatic N) is 2. The molecule has 1 fully saturated rings. The lowest BCUT2D eigenvalue weighted by atomic mass is 10.0. The Balaban J connectivity index is 1.94. The molecule has 1 saturated heterocycles. The summed E-state index contributed by atoms with van der Waals surface area (Å²) in [5, 5.41) is 9.15. The van der Waals surface area contributed by atoms with Gasteiger partial charge in [-0.1, -0.05) is 0 Å². The van der Waals surface area contributed by atoms with E-state index in [1.807, 2.05) is 0 Å². The molecule has 22 heavy (non-hydrogen) atoms. The van der Waals surface area contributed by atoms with Gasteiger partial charge in [0.05, 0.1) is 11.1 Å². The van der Waals surface area contributed by atoms with Crippen LogP contribution in [0.25, 0.3) is 0 Å². The SMILES string of the molecule is CN1C(=O)c2ccc(C(=O)N3CCC[C@@H]3C(=O)O)cc2C1=O. The van der Waals surface area contributed by atoms with Crippen molar-refractivity contribution in [2.24, 2.45) is 0 Å². The lowest BCUT2D eigenvalue weighted by Crippen LogP contribution is -2.40. The van der Waals surface area contributed by atoms with Crippen LogP contribution in [0.5, 0.6) is 0 Å². The van der Waals surface area contributed by atoms with Gasteiger partial charge in [0.25, 0.3) is 17.7 Å². The number of rotatable bonds is 2. The maximum atomic E-state index is 12.5. The van der Waals surface area contributed by atoms with E-state index in [9.17, 15) is 19.2 Å². The number of carboxylic acids is 1. The second-order valence-electron chi connectivity index (χ2n) is 5.42. The molecule has 7 heteroatoms. The van der Waals surface area contributed by atoms with E-state index in [0.29, 0.717) is 19.4 Å². The third-order valence-electron chi connectivity index (χ3n) is 4.14. The molecule has 1 atom stereocenters. The second-order valence-corrected chi connectivity index (χ2v) is 5.42. The summed E-state index contributed by atoms with van der Waals surface area (Å²) in [6.45, 7) is 0.375. The number of amides is 3. The van der Waals surface area contributed by atoms with E-state index in [1.54, 1.807) is 0 Å². The molecule has 0 aromatic heterocycles. The topological polar surface area (TPSA) is 95.0 Å². The normalized spacial score (nSPS) is 20.5. The number of carboxylic acid groups (broad SMARTS) is 1. The van der Waals surface area contributed by atoms with E-state index in [4.69, 9.17) is 5.11 Å². The third kappa shape index (κ3) is 1.97. The minimum absolute atomic E-state index is 0.185. The fourth-order valence-corrected chi connectivity index (χ4v) is 2.93. The molecular weight excluding hydrogens is 288 g/mol. The molecule has 2 heterocycles. The maximum absolute atomic E-state index is 12.5. The summed E-state index contributed by atoms with van der Waals surface area (Å²) in [6.07, 6.45) is 1.06. The molecular formula is C15H14N2O5. The summed E-state index contributed by atoms with van der Waals surface area (Å²) in [7, 11) is 1.38. The molecule has 1 aromatic rings. The molecule has 0 aliphatic carbocycles. The average molecular weight is 302 g/mol. The summed E-state index contributed by atoms with van der Waals surface area (Å²) < 4.78 is 0. The standard InChI is InChI=1S/C15H14N2O5/c1-16-13(19)9-5-4-8(7-10(9)14(16)20)12(18)17-6-2-3-11(17)15(21)22/h4-5,7,11H,2-3,6H2,1H3,(H,21,22)/t11-/m1/s1. The number of carbonyl (C=O) groups excluding carboxylic acids is 3. The Morgan fingerprint density at radius 3 is 2.55 bits per heavy atom. The molecule has 0 saturated carbocycles. The zero-order valence-electron chi connectivity index (χ0n) is 11.9. The third-order valence-corrected chi connectivity index (χ3v) is 4.14. The fraction of sp³-hybridized carbons (Fsp3) is 0.333. The van der Waals surface area contributed by atoms with Crippen LogP contribution in [-0.2, 0) is 4.79 Å². The van der Waals surface area contributed by atoms with Crippen molar-refractivity contribution in [1.29, 1.82) is 0 Å². The number of likely N-dealkylation sites (tertiary alicyclic amines) is 1. The number of aliphatic carboxylic acids is 1. The Morgan fingerprint density at radius 2 is 1.86 bits per heavy atom. The number of hydrogen-bond acceptors (Lipinski definition) is 4. The van der Waals surface area contributed by atoms with Crippen LogP contribution in [0.1, 0.15) is 43.9 Å². The summed E-state index contributed by atoms with van der Waals surface area (Å²) in [6, 6.07) is 3.44. The fourth-order valence-electron chi connectivity index (χ4n) is 2.93. The molecule has 2 aliphatic rings. The van der Waals surface area contributed by atoms with Crippen LogP contribution in [0, 0.1) is 0 Å². The Labute approximate surface area is 126 Å². The van der Waals surface area contributed by atoms with Crippen molar-refractivity contribution in [3.8, 4) is 0 Å². The molecule has 2 aliphatic heterocycles. The predicted octanol–water partition coefficient (Wildman–Crippen LogP) is 0.602. The van der Waals surface area contributed by atoms with Crippen molar-refractivity contribution in [2.45, 2.75) is 18.9 Å². The Morgan fingerprint density at radius 1 is 1.18 bits per heavy atom. The Kier molecular flexibility index (Phi) is 3.20. The lowest BCUT2D eigenvalue weighted by Gasteiger charge is -2.21. The van der Waals surface area contributed by atoms with Gasteiger partial charge < -0.3 is 10.0 Å². The predicted molar refractivity (Wildman–Crippen MR) is 74.6 cm³/mol. The maximum Gasteiger partial charge on any atom is 0.326 e. The molecule has 3 rings (SSSR count).